The van der Waals surface area contributed by atoms with E-state index in [1.807, 2.05) is 0 Å². The summed E-state index contributed by atoms with van der Waals surface area (Å²) in [4.78, 5) is 49.2. The summed E-state index contributed by atoms with van der Waals surface area (Å²) in [7, 11) is 8.71. The second-order valence-corrected chi connectivity index (χ2v) is 9.58. The Morgan fingerprint density at radius 3 is 1.58 bits per heavy atom. The number of ether oxygens (including phenoxy) is 7. The Morgan fingerprint density at radius 1 is 0.721 bits per heavy atom. The Morgan fingerprint density at radius 2 is 1.16 bits per heavy atom. The molecule has 4 aromatic rings. The lowest BCUT2D eigenvalue weighted by atomic mass is 10.2. The van der Waals surface area contributed by atoms with E-state index in [-0.39, 0.29) is 34.1 Å². The fourth-order valence-electron chi connectivity index (χ4n) is 3.96. The van der Waals surface area contributed by atoms with Crippen molar-refractivity contribution < 1.29 is 38.0 Å². The molecule has 2 aromatic heterocycles. The number of methoxy groups -OCH3 is 6. The van der Waals surface area contributed by atoms with E-state index < -0.39 is 17.3 Å². The van der Waals surface area contributed by atoms with Crippen molar-refractivity contribution in [2.45, 2.75) is 26.4 Å². The van der Waals surface area contributed by atoms with Gasteiger partial charge in [-0.2, -0.15) is 0 Å². The number of nitrogens with one attached hydrogen (secondary N) is 3. The Hall–Kier alpha value is -5.41. The van der Waals surface area contributed by atoms with Crippen LogP contribution in [0.15, 0.2) is 21.7 Å². The van der Waals surface area contributed by atoms with Crippen LogP contribution in [0.25, 0.3) is 21.8 Å². The molecular formula is C27H34N6O10. The number of amides is 1. The molecule has 0 aliphatic heterocycles. The molecule has 0 saturated carbocycles. The highest BCUT2D eigenvalue weighted by Gasteiger charge is 2.22. The fourth-order valence-corrected chi connectivity index (χ4v) is 3.96. The molecule has 0 aliphatic rings. The van der Waals surface area contributed by atoms with Crippen molar-refractivity contribution in [2.75, 3.05) is 53.7 Å². The maximum absolute atomic E-state index is 12.4. The summed E-state index contributed by atoms with van der Waals surface area (Å²) < 4.78 is 36.5. The first-order valence-electron chi connectivity index (χ1n) is 12.5. The highest BCUT2D eigenvalue weighted by atomic mass is 16.6. The van der Waals surface area contributed by atoms with E-state index >= 15 is 0 Å². The predicted molar refractivity (Wildman–Crippen MR) is 158 cm³/mol. The number of nitrogen functional groups attached to an aromatic ring is 1. The van der Waals surface area contributed by atoms with Crippen molar-refractivity contribution in [3.8, 4) is 34.5 Å². The Balaban J connectivity index is 0.000000248. The number of benzene rings is 2. The number of rotatable bonds is 7. The Labute approximate surface area is 245 Å². The molecule has 0 unspecified atom stereocenters. The van der Waals surface area contributed by atoms with Crippen LogP contribution in [0.4, 0.5) is 16.7 Å². The second-order valence-electron chi connectivity index (χ2n) is 9.58. The van der Waals surface area contributed by atoms with Crippen LogP contribution in [0, 0.1) is 0 Å². The number of nitrogens with zero attached hydrogens (tertiary/aromatic N) is 2. The zero-order chi connectivity index (χ0) is 32.1. The average Bonchev–Trinajstić information content (AvgIpc) is 2.94. The van der Waals surface area contributed by atoms with Gasteiger partial charge in [0.2, 0.25) is 23.4 Å². The van der Waals surface area contributed by atoms with Crippen molar-refractivity contribution in [3.05, 3.63) is 32.8 Å². The zero-order valence-corrected chi connectivity index (χ0v) is 25.2. The molecule has 0 aliphatic carbocycles. The van der Waals surface area contributed by atoms with Crippen LogP contribution in [-0.4, -0.2) is 74.3 Å². The summed E-state index contributed by atoms with van der Waals surface area (Å²) in [6.07, 6.45) is -0.741. The van der Waals surface area contributed by atoms with E-state index in [9.17, 15) is 14.4 Å². The van der Waals surface area contributed by atoms with Gasteiger partial charge in [-0.25, -0.2) is 14.8 Å². The van der Waals surface area contributed by atoms with Crippen LogP contribution in [-0.2, 0) is 4.74 Å². The van der Waals surface area contributed by atoms with Gasteiger partial charge in [0.15, 0.2) is 23.0 Å². The number of H-pyrrole nitrogens is 2. The van der Waals surface area contributed by atoms with E-state index in [1.54, 1.807) is 20.8 Å². The monoisotopic (exact) mass is 602 g/mol. The molecule has 0 atom stereocenters. The zero-order valence-electron chi connectivity index (χ0n) is 25.2. The highest BCUT2D eigenvalue weighted by Crippen LogP contribution is 2.42. The minimum Gasteiger partial charge on any atom is -0.493 e. The number of hydrogen-bond donors (Lipinski definition) is 4. The number of fused-ring (bicyclic) bond motifs is 2. The number of nitrogens with two attached hydrogens (primary N) is 1. The van der Waals surface area contributed by atoms with Gasteiger partial charge < -0.3 is 38.9 Å². The van der Waals surface area contributed by atoms with Gasteiger partial charge in [0.25, 0.3) is 11.1 Å². The number of anilines is 2. The van der Waals surface area contributed by atoms with Gasteiger partial charge in [0, 0.05) is 0 Å². The molecule has 2 aromatic carbocycles. The lowest BCUT2D eigenvalue weighted by molar-refractivity contribution is 0.0634. The minimum atomic E-state index is -0.741. The van der Waals surface area contributed by atoms with Crippen LogP contribution in [0.1, 0.15) is 20.8 Å². The molecule has 232 valence electrons. The fraction of sp³-hybridized carbons (Fsp3) is 0.370. The molecule has 43 heavy (non-hydrogen) atoms. The van der Waals surface area contributed by atoms with Crippen LogP contribution in [0.3, 0.4) is 0 Å². The van der Waals surface area contributed by atoms with Crippen molar-refractivity contribution in [3.63, 3.8) is 0 Å². The highest BCUT2D eigenvalue weighted by molar-refractivity contribution is 5.92. The van der Waals surface area contributed by atoms with Crippen LogP contribution < -0.4 is 50.6 Å². The smallest absolute Gasteiger partial charge is 0.414 e. The van der Waals surface area contributed by atoms with E-state index in [0.29, 0.717) is 39.7 Å². The third-order valence-corrected chi connectivity index (χ3v) is 5.65. The molecule has 2 heterocycles. The number of carbonyl (C=O) groups excluding carboxylic acids is 1. The third kappa shape index (κ3) is 6.91. The van der Waals surface area contributed by atoms with Gasteiger partial charge in [0.1, 0.15) is 16.6 Å². The number of carbonyl (C=O) groups is 1. The Kier molecular flexibility index (Phi) is 9.75. The van der Waals surface area contributed by atoms with Gasteiger partial charge in [-0.05, 0) is 32.9 Å². The first-order chi connectivity index (χ1) is 20.3. The number of hydrogen-bond acceptors (Lipinski definition) is 13. The maximum Gasteiger partial charge on any atom is 0.414 e. The molecule has 16 nitrogen and oxygen atoms in total. The van der Waals surface area contributed by atoms with Gasteiger partial charge in [0.05, 0.1) is 53.4 Å². The SMILES string of the molecule is COc1cc2c(=O)[nH]c(N)nc2c(OC)c1OC.COc1cc2c(=O)[nH]c(NC(=O)OC(C)(C)C)nc2c(OC)c1OC. The van der Waals surface area contributed by atoms with Crippen molar-refractivity contribution in [1.29, 1.82) is 0 Å². The number of aromatic nitrogens is 4. The maximum atomic E-state index is 12.4. The first-order valence-corrected chi connectivity index (χ1v) is 12.5. The quantitative estimate of drug-likeness (QED) is 0.240. The van der Waals surface area contributed by atoms with E-state index in [2.05, 4.69) is 25.3 Å². The van der Waals surface area contributed by atoms with Crippen LogP contribution in [0.2, 0.25) is 0 Å². The normalized spacial score (nSPS) is 10.8. The molecule has 16 heteroatoms. The molecule has 0 fully saturated rings. The summed E-state index contributed by atoms with van der Waals surface area (Å²) in [5.41, 5.74) is 4.54. The first kappa shape index (κ1) is 32.1. The Bertz CT molecular complexity index is 1760. The minimum absolute atomic E-state index is 0.0121. The van der Waals surface area contributed by atoms with Gasteiger partial charge >= 0.3 is 6.09 Å². The van der Waals surface area contributed by atoms with E-state index in [0.717, 1.165) is 0 Å². The summed E-state index contributed by atoms with van der Waals surface area (Å²) in [6.45, 7) is 5.18. The molecule has 0 radical (unpaired) electrons. The predicted octanol–water partition coefficient (Wildman–Crippen LogP) is 2.83. The lowest BCUT2D eigenvalue weighted by Gasteiger charge is -2.19. The average molecular weight is 603 g/mol. The van der Waals surface area contributed by atoms with Crippen molar-refractivity contribution >= 4 is 39.8 Å². The number of aromatic amines is 2. The molecule has 1 amide bonds. The second kappa shape index (κ2) is 13.1. The largest absolute Gasteiger partial charge is 0.493 e. The van der Waals surface area contributed by atoms with Gasteiger partial charge in [-0.3, -0.25) is 24.9 Å². The summed E-state index contributed by atoms with van der Waals surface area (Å²) in [5, 5.41) is 2.94. The molecule has 0 spiro atoms. The molecule has 0 saturated heterocycles. The molecule has 4 rings (SSSR count). The van der Waals surface area contributed by atoms with Crippen molar-refractivity contribution in [2.24, 2.45) is 0 Å². The van der Waals surface area contributed by atoms with Crippen molar-refractivity contribution in [1.82, 2.24) is 19.9 Å². The van der Waals surface area contributed by atoms with Crippen LogP contribution >= 0.6 is 0 Å². The standard InChI is InChI=1S/C16H21N3O6.C11H13N3O4/c1-16(2,3)25-15(21)19-14-17-10-8(13(20)18-14)7-9(22-4)11(23-5)12(10)24-6;1-16-6-4-5-7(9(18-3)8(6)17-2)13-11(12)14-10(5)15/h7H,1-6H3,(H2,17,18,19,20,21);4H,1-3H3,(H3,12,13,14,15). The topological polar surface area (TPSA) is 211 Å². The van der Waals surface area contributed by atoms with Gasteiger partial charge in [-0.15, -0.1) is 0 Å². The van der Waals surface area contributed by atoms with E-state index in [4.69, 9.17) is 38.9 Å². The summed E-state index contributed by atoms with van der Waals surface area (Å²) in [5.74, 6) is 1.84. The van der Waals surface area contributed by atoms with Crippen LogP contribution in [0.5, 0.6) is 34.5 Å². The molecule has 0 bridgehead atoms. The third-order valence-electron chi connectivity index (χ3n) is 5.65. The lowest BCUT2D eigenvalue weighted by Crippen LogP contribution is -2.28. The van der Waals surface area contributed by atoms with Gasteiger partial charge in [-0.1, -0.05) is 0 Å². The van der Waals surface area contributed by atoms with E-state index in [1.165, 1.54) is 54.8 Å². The summed E-state index contributed by atoms with van der Waals surface area (Å²) in [6, 6.07) is 3.02. The molecular weight excluding hydrogens is 568 g/mol. The molecule has 5 N–H and O–H groups in total. The summed E-state index contributed by atoms with van der Waals surface area (Å²) >= 11 is 0.